The van der Waals surface area contributed by atoms with E-state index >= 15 is 0 Å². The molecule has 2 rings (SSSR count). The van der Waals surface area contributed by atoms with E-state index in [0.29, 0.717) is 0 Å². The van der Waals surface area contributed by atoms with Crippen molar-refractivity contribution in [3.63, 3.8) is 0 Å². The molecule has 0 aromatic heterocycles. The van der Waals surface area contributed by atoms with E-state index < -0.39 is 5.97 Å². The Kier molecular flexibility index (Phi) is 5.60. The fraction of sp³-hybridized carbons (Fsp3) is 0.562. The molecule has 20 heavy (non-hydrogen) atoms. The van der Waals surface area contributed by atoms with Crippen molar-refractivity contribution in [1.82, 2.24) is 5.32 Å². The van der Waals surface area contributed by atoms with Gasteiger partial charge in [0.15, 0.2) is 0 Å². The topological polar surface area (TPSA) is 49.3 Å². The Morgan fingerprint density at radius 3 is 2.40 bits per heavy atom. The molecule has 1 aromatic rings. The number of hydrogen-bond donors (Lipinski definition) is 2. The second-order valence-electron chi connectivity index (χ2n) is 6.47. The van der Waals surface area contributed by atoms with Gasteiger partial charge in [-0.05, 0) is 41.8 Å². The monoisotopic (exact) mass is 297 g/mol. The third-order valence-electron chi connectivity index (χ3n) is 3.93. The van der Waals surface area contributed by atoms with Crippen molar-refractivity contribution in [3.05, 3.63) is 35.4 Å². The van der Waals surface area contributed by atoms with Crippen molar-refractivity contribution in [2.75, 3.05) is 6.54 Å². The summed E-state index contributed by atoms with van der Waals surface area (Å²) in [5.41, 5.74) is 2.71. The van der Waals surface area contributed by atoms with Crippen LogP contribution in [0.25, 0.3) is 0 Å². The minimum absolute atomic E-state index is 0. The zero-order valence-corrected chi connectivity index (χ0v) is 13.2. The van der Waals surface area contributed by atoms with Crippen LogP contribution in [0.4, 0.5) is 0 Å². The summed E-state index contributed by atoms with van der Waals surface area (Å²) in [6, 6.07) is 8.21. The van der Waals surface area contributed by atoms with Gasteiger partial charge in [0.25, 0.3) is 0 Å². The van der Waals surface area contributed by atoms with Gasteiger partial charge in [0.2, 0.25) is 0 Å². The predicted octanol–water partition coefficient (Wildman–Crippen LogP) is 3.01. The van der Waals surface area contributed by atoms with Gasteiger partial charge in [-0.15, -0.1) is 12.4 Å². The molecule has 1 aliphatic heterocycles. The third kappa shape index (κ3) is 3.97. The van der Waals surface area contributed by atoms with Crippen LogP contribution < -0.4 is 5.32 Å². The average Bonchev–Trinajstić information content (AvgIpc) is 2.77. The zero-order valence-electron chi connectivity index (χ0n) is 12.3. The fourth-order valence-corrected chi connectivity index (χ4v) is 2.71. The van der Waals surface area contributed by atoms with Gasteiger partial charge >= 0.3 is 5.97 Å². The average molecular weight is 298 g/mol. The number of hydrogen-bond acceptors (Lipinski definition) is 2. The molecular weight excluding hydrogens is 274 g/mol. The SMILES string of the molecule is CC(C)(C)c1ccc(CC2CCN[C@@H]2C(=O)O)cc1.Cl. The maximum atomic E-state index is 11.1. The highest BCUT2D eigenvalue weighted by Gasteiger charge is 2.32. The van der Waals surface area contributed by atoms with E-state index in [0.717, 1.165) is 19.4 Å². The number of nitrogens with one attached hydrogen (secondary N) is 1. The summed E-state index contributed by atoms with van der Waals surface area (Å²) in [7, 11) is 0. The fourth-order valence-electron chi connectivity index (χ4n) is 2.71. The largest absolute Gasteiger partial charge is 0.480 e. The van der Waals surface area contributed by atoms with E-state index in [1.807, 2.05) is 0 Å². The summed E-state index contributed by atoms with van der Waals surface area (Å²) < 4.78 is 0. The normalized spacial score (nSPS) is 22.4. The van der Waals surface area contributed by atoms with Crippen LogP contribution in [0.2, 0.25) is 0 Å². The molecule has 1 heterocycles. The molecule has 0 bridgehead atoms. The molecule has 0 saturated carbocycles. The Bertz CT molecular complexity index is 451. The molecule has 2 N–H and O–H groups in total. The maximum Gasteiger partial charge on any atom is 0.320 e. The number of halogens is 1. The van der Waals surface area contributed by atoms with Gasteiger partial charge in [0.05, 0.1) is 0 Å². The second kappa shape index (κ2) is 6.59. The molecule has 1 aromatic carbocycles. The lowest BCUT2D eigenvalue weighted by Crippen LogP contribution is -2.36. The van der Waals surface area contributed by atoms with Gasteiger partial charge in [-0.1, -0.05) is 45.0 Å². The molecule has 1 aliphatic rings. The summed E-state index contributed by atoms with van der Waals surface area (Å²) in [6.07, 6.45) is 1.78. The number of carboxylic acid groups (broad SMARTS) is 1. The van der Waals surface area contributed by atoms with E-state index in [1.165, 1.54) is 11.1 Å². The molecular formula is C16H24ClNO2. The molecule has 2 atom stereocenters. The first-order valence-corrected chi connectivity index (χ1v) is 6.93. The van der Waals surface area contributed by atoms with Crippen molar-refractivity contribution >= 4 is 18.4 Å². The Morgan fingerprint density at radius 1 is 1.30 bits per heavy atom. The molecule has 0 radical (unpaired) electrons. The molecule has 1 unspecified atom stereocenters. The van der Waals surface area contributed by atoms with Gasteiger partial charge in [0, 0.05) is 0 Å². The van der Waals surface area contributed by atoms with Gasteiger partial charge in [-0.2, -0.15) is 0 Å². The Hall–Kier alpha value is -1.06. The molecule has 0 spiro atoms. The molecule has 3 nitrogen and oxygen atoms in total. The summed E-state index contributed by atoms with van der Waals surface area (Å²) >= 11 is 0. The quantitative estimate of drug-likeness (QED) is 0.902. The van der Waals surface area contributed by atoms with Gasteiger partial charge in [-0.25, -0.2) is 0 Å². The first kappa shape index (κ1) is 17.0. The van der Waals surface area contributed by atoms with Gasteiger partial charge in [0.1, 0.15) is 6.04 Å². The summed E-state index contributed by atoms with van der Waals surface area (Å²) in [4.78, 5) is 11.1. The van der Waals surface area contributed by atoms with E-state index in [9.17, 15) is 4.79 Å². The third-order valence-corrected chi connectivity index (χ3v) is 3.93. The van der Waals surface area contributed by atoms with E-state index in [-0.39, 0.29) is 29.8 Å². The highest BCUT2D eigenvalue weighted by Crippen LogP contribution is 2.25. The van der Waals surface area contributed by atoms with Crippen molar-refractivity contribution in [2.24, 2.45) is 5.92 Å². The van der Waals surface area contributed by atoms with E-state index in [1.54, 1.807) is 0 Å². The highest BCUT2D eigenvalue weighted by molar-refractivity contribution is 5.85. The lowest BCUT2D eigenvalue weighted by atomic mass is 9.85. The molecule has 112 valence electrons. The minimum atomic E-state index is -0.728. The smallest absolute Gasteiger partial charge is 0.320 e. The summed E-state index contributed by atoms with van der Waals surface area (Å²) in [6.45, 7) is 7.40. The number of carboxylic acids is 1. The predicted molar refractivity (Wildman–Crippen MR) is 83.6 cm³/mol. The maximum absolute atomic E-state index is 11.1. The van der Waals surface area contributed by atoms with Crippen LogP contribution in [0.15, 0.2) is 24.3 Å². The van der Waals surface area contributed by atoms with Crippen molar-refractivity contribution in [1.29, 1.82) is 0 Å². The van der Waals surface area contributed by atoms with E-state index in [2.05, 4.69) is 50.4 Å². The van der Waals surface area contributed by atoms with E-state index in [4.69, 9.17) is 5.11 Å². The van der Waals surface area contributed by atoms with Crippen LogP contribution in [-0.2, 0) is 16.6 Å². The Balaban J connectivity index is 0.00000200. The summed E-state index contributed by atoms with van der Waals surface area (Å²) in [5.74, 6) is -0.521. The minimum Gasteiger partial charge on any atom is -0.480 e. The highest BCUT2D eigenvalue weighted by atomic mass is 35.5. The summed E-state index contributed by atoms with van der Waals surface area (Å²) in [5, 5.41) is 12.2. The van der Waals surface area contributed by atoms with Crippen LogP contribution >= 0.6 is 12.4 Å². The van der Waals surface area contributed by atoms with Crippen molar-refractivity contribution < 1.29 is 9.90 Å². The molecule has 0 aliphatic carbocycles. The number of carbonyl (C=O) groups is 1. The first-order valence-electron chi connectivity index (χ1n) is 6.93. The number of rotatable bonds is 3. The van der Waals surface area contributed by atoms with Gasteiger partial charge < -0.3 is 10.4 Å². The zero-order chi connectivity index (χ0) is 14.0. The van der Waals surface area contributed by atoms with Gasteiger partial charge in [-0.3, -0.25) is 4.79 Å². The van der Waals surface area contributed by atoms with Crippen molar-refractivity contribution in [3.8, 4) is 0 Å². The number of aliphatic carboxylic acids is 1. The Morgan fingerprint density at radius 2 is 1.90 bits per heavy atom. The standard InChI is InChI=1S/C16H23NO2.ClH/c1-16(2,3)13-6-4-11(5-7-13)10-12-8-9-17-14(12)15(18)19;/h4-7,12,14,17H,8-10H2,1-3H3,(H,18,19);1H/t12?,14-;/m0./s1. The van der Waals surface area contributed by atoms with Crippen LogP contribution in [0.3, 0.4) is 0 Å². The first-order chi connectivity index (χ1) is 8.88. The van der Waals surface area contributed by atoms with Crippen LogP contribution in [0.1, 0.15) is 38.3 Å². The number of benzene rings is 1. The molecule has 4 heteroatoms. The van der Waals surface area contributed by atoms with Crippen molar-refractivity contribution in [2.45, 2.75) is 45.1 Å². The Labute approximate surface area is 127 Å². The second-order valence-corrected chi connectivity index (χ2v) is 6.47. The van der Waals surface area contributed by atoms with Crippen LogP contribution in [0, 0.1) is 5.92 Å². The molecule has 1 fully saturated rings. The van der Waals surface area contributed by atoms with Crippen LogP contribution in [-0.4, -0.2) is 23.7 Å². The lowest BCUT2D eigenvalue weighted by molar-refractivity contribution is -0.140. The lowest BCUT2D eigenvalue weighted by Gasteiger charge is -2.20. The molecule has 1 saturated heterocycles. The molecule has 0 amide bonds. The van der Waals surface area contributed by atoms with Crippen LogP contribution in [0.5, 0.6) is 0 Å².